The number of rotatable bonds is 7. The Labute approximate surface area is 164 Å². The summed E-state index contributed by atoms with van der Waals surface area (Å²) in [7, 11) is -2.25. The quantitative estimate of drug-likeness (QED) is 0.757. The van der Waals surface area contributed by atoms with E-state index in [2.05, 4.69) is 5.32 Å². The highest BCUT2D eigenvalue weighted by molar-refractivity contribution is 7.89. The van der Waals surface area contributed by atoms with Gasteiger partial charge in [-0.25, -0.2) is 12.8 Å². The number of hydrogen-bond acceptors (Lipinski definition) is 3. The number of hydrogen-bond donors (Lipinski definition) is 1. The van der Waals surface area contributed by atoms with E-state index in [0.29, 0.717) is 6.42 Å². The van der Waals surface area contributed by atoms with Crippen molar-refractivity contribution in [3.8, 4) is 0 Å². The summed E-state index contributed by atoms with van der Waals surface area (Å²) in [6.07, 6.45) is 0.440. The van der Waals surface area contributed by atoms with Crippen molar-refractivity contribution in [3.05, 3.63) is 64.4 Å². The molecule has 146 valence electrons. The van der Waals surface area contributed by atoms with Crippen molar-refractivity contribution in [2.24, 2.45) is 0 Å². The van der Waals surface area contributed by atoms with Crippen LogP contribution in [-0.2, 0) is 16.4 Å². The van der Waals surface area contributed by atoms with Gasteiger partial charge in [-0.15, -0.1) is 0 Å². The standard InChI is InChI=1S/C19H22ClFN2O3S/c1-13(2)23(3)27(25,26)16-7-8-18(20)17(12-16)19(24)22-10-9-14-5-4-6-15(21)11-14/h4-8,11-13H,9-10H2,1-3H3,(H,22,24). The Morgan fingerprint density at radius 3 is 2.56 bits per heavy atom. The van der Waals surface area contributed by atoms with Crippen molar-refractivity contribution in [3.63, 3.8) is 0 Å². The predicted molar refractivity (Wildman–Crippen MR) is 104 cm³/mol. The molecule has 1 N–H and O–H groups in total. The van der Waals surface area contributed by atoms with Crippen LogP contribution in [-0.4, -0.2) is 38.3 Å². The Kier molecular flexibility index (Phi) is 6.97. The van der Waals surface area contributed by atoms with E-state index in [4.69, 9.17) is 11.6 Å². The maximum Gasteiger partial charge on any atom is 0.252 e. The highest BCUT2D eigenvalue weighted by Gasteiger charge is 2.25. The molecule has 0 aliphatic heterocycles. The van der Waals surface area contributed by atoms with Gasteiger partial charge in [-0.1, -0.05) is 23.7 Å². The first-order valence-corrected chi connectivity index (χ1v) is 10.2. The van der Waals surface area contributed by atoms with Crippen LogP contribution in [0.2, 0.25) is 5.02 Å². The van der Waals surface area contributed by atoms with Gasteiger partial charge in [0, 0.05) is 19.6 Å². The van der Waals surface area contributed by atoms with Crippen molar-refractivity contribution >= 4 is 27.5 Å². The normalized spacial score (nSPS) is 11.8. The van der Waals surface area contributed by atoms with Gasteiger partial charge in [0.15, 0.2) is 0 Å². The Hall–Kier alpha value is -1.96. The molecule has 8 heteroatoms. The molecule has 0 fully saturated rings. The highest BCUT2D eigenvalue weighted by Crippen LogP contribution is 2.23. The van der Waals surface area contributed by atoms with Crippen molar-refractivity contribution < 1.29 is 17.6 Å². The van der Waals surface area contributed by atoms with Gasteiger partial charge in [0.05, 0.1) is 15.5 Å². The summed E-state index contributed by atoms with van der Waals surface area (Å²) in [5.41, 5.74) is 0.824. The number of nitrogens with one attached hydrogen (secondary N) is 1. The highest BCUT2D eigenvalue weighted by atomic mass is 35.5. The van der Waals surface area contributed by atoms with Crippen LogP contribution in [0, 0.1) is 5.82 Å². The van der Waals surface area contributed by atoms with E-state index in [0.717, 1.165) is 5.56 Å². The van der Waals surface area contributed by atoms with Gasteiger partial charge in [-0.3, -0.25) is 4.79 Å². The summed E-state index contributed by atoms with van der Waals surface area (Å²) in [4.78, 5) is 12.4. The second kappa shape index (κ2) is 8.82. The molecule has 0 saturated heterocycles. The second-order valence-corrected chi connectivity index (χ2v) is 8.80. The summed E-state index contributed by atoms with van der Waals surface area (Å²) in [6.45, 7) is 3.78. The first kappa shape index (κ1) is 21.3. The molecule has 0 heterocycles. The molecule has 0 saturated carbocycles. The van der Waals surface area contributed by atoms with Crippen LogP contribution in [0.3, 0.4) is 0 Å². The average Bonchev–Trinajstić information content (AvgIpc) is 2.61. The summed E-state index contributed by atoms with van der Waals surface area (Å²) in [6, 6.07) is 9.92. The van der Waals surface area contributed by atoms with Gasteiger partial charge in [-0.2, -0.15) is 4.31 Å². The molecule has 2 rings (SSSR count). The first-order valence-electron chi connectivity index (χ1n) is 8.43. The zero-order chi connectivity index (χ0) is 20.2. The Balaban J connectivity index is 2.14. The molecule has 0 spiro atoms. The third kappa shape index (κ3) is 5.28. The van der Waals surface area contributed by atoms with Crippen molar-refractivity contribution in [2.45, 2.75) is 31.2 Å². The van der Waals surface area contributed by atoms with Crippen molar-refractivity contribution in [2.75, 3.05) is 13.6 Å². The minimum absolute atomic E-state index is 0.00150. The van der Waals surface area contributed by atoms with Gasteiger partial charge < -0.3 is 5.32 Å². The number of halogens is 2. The van der Waals surface area contributed by atoms with E-state index < -0.39 is 15.9 Å². The molecule has 5 nitrogen and oxygen atoms in total. The molecule has 0 aliphatic carbocycles. The summed E-state index contributed by atoms with van der Waals surface area (Å²) in [5.74, 6) is -0.824. The SMILES string of the molecule is CC(C)N(C)S(=O)(=O)c1ccc(Cl)c(C(=O)NCCc2cccc(F)c2)c1. The fraction of sp³-hybridized carbons (Fsp3) is 0.316. The third-order valence-electron chi connectivity index (χ3n) is 4.17. The van der Waals surface area contributed by atoms with Crippen LogP contribution in [0.5, 0.6) is 0 Å². The maximum absolute atomic E-state index is 13.2. The van der Waals surface area contributed by atoms with Gasteiger partial charge in [0.1, 0.15) is 5.82 Å². The lowest BCUT2D eigenvalue weighted by molar-refractivity contribution is 0.0954. The maximum atomic E-state index is 13.2. The summed E-state index contributed by atoms with van der Waals surface area (Å²) in [5, 5.41) is 2.84. The summed E-state index contributed by atoms with van der Waals surface area (Å²) >= 11 is 6.08. The monoisotopic (exact) mass is 412 g/mol. The zero-order valence-electron chi connectivity index (χ0n) is 15.4. The molecule has 0 aromatic heterocycles. The molecule has 0 radical (unpaired) electrons. The Morgan fingerprint density at radius 1 is 1.22 bits per heavy atom. The molecule has 2 aromatic rings. The van der Waals surface area contributed by atoms with E-state index in [1.807, 2.05) is 0 Å². The second-order valence-electron chi connectivity index (χ2n) is 6.39. The molecule has 27 heavy (non-hydrogen) atoms. The molecule has 1 amide bonds. The van der Waals surface area contributed by atoms with Crippen LogP contribution in [0.1, 0.15) is 29.8 Å². The van der Waals surface area contributed by atoms with Gasteiger partial charge in [-0.05, 0) is 56.2 Å². The Bertz CT molecular complexity index is 932. The van der Waals surface area contributed by atoms with Crippen LogP contribution in [0.4, 0.5) is 4.39 Å². The van der Waals surface area contributed by atoms with Crippen molar-refractivity contribution in [1.29, 1.82) is 0 Å². The van der Waals surface area contributed by atoms with E-state index in [-0.39, 0.29) is 33.9 Å². The zero-order valence-corrected chi connectivity index (χ0v) is 16.9. The number of carbonyl (C=O) groups is 1. The molecular formula is C19H22ClFN2O3S. The van der Waals surface area contributed by atoms with E-state index in [9.17, 15) is 17.6 Å². The lowest BCUT2D eigenvalue weighted by atomic mass is 10.1. The molecule has 2 aromatic carbocycles. The van der Waals surface area contributed by atoms with Crippen LogP contribution >= 0.6 is 11.6 Å². The number of amides is 1. The van der Waals surface area contributed by atoms with Crippen LogP contribution in [0.15, 0.2) is 47.4 Å². The number of carbonyl (C=O) groups excluding carboxylic acids is 1. The van der Waals surface area contributed by atoms with Gasteiger partial charge >= 0.3 is 0 Å². The van der Waals surface area contributed by atoms with Crippen molar-refractivity contribution in [1.82, 2.24) is 9.62 Å². The lowest BCUT2D eigenvalue weighted by Gasteiger charge is -2.21. The van der Waals surface area contributed by atoms with E-state index in [1.165, 1.54) is 41.7 Å². The largest absolute Gasteiger partial charge is 0.352 e. The molecule has 0 aliphatic rings. The Morgan fingerprint density at radius 2 is 1.93 bits per heavy atom. The summed E-state index contributed by atoms with van der Waals surface area (Å²) < 4.78 is 39.6. The minimum Gasteiger partial charge on any atom is -0.352 e. The lowest BCUT2D eigenvalue weighted by Crippen LogP contribution is -2.33. The molecule has 0 atom stereocenters. The fourth-order valence-electron chi connectivity index (χ4n) is 2.39. The van der Waals surface area contributed by atoms with E-state index >= 15 is 0 Å². The van der Waals surface area contributed by atoms with Gasteiger partial charge in [0.25, 0.3) is 5.91 Å². The molecule has 0 unspecified atom stereocenters. The first-order chi connectivity index (χ1) is 12.6. The number of nitrogens with zero attached hydrogens (tertiary/aromatic N) is 1. The number of benzene rings is 2. The third-order valence-corrected chi connectivity index (χ3v) is 6.53. The molecular weight excluding hydrogens is 391 g/mol. The smallest absolute Gasteiger partial charge is 0.252 e. The van der Waals surface area contributed by atoms with Crippen LogP contribution in [0.25, 0.3) is 0 Å². The topological polar surface area (TPSA) is 66.5 Å². The average molecular weight is 413 g/mol. The molecule has 0 bridgehead atoms. The van der Waals surface area contributed by atoms with Gasteiger partial charge in [0.2, 0.25) is 10.0 Å². The fourth-order valence-corrected chi connectivity index (χ4v) is 3.99. The van der Waals surface area contributed by atoms with E-state index in [1.54, 1.807) is 26.0 Å². The minimum atomic E-state index is -3.73. The number of sulfonamides is 1. The van der Waals surface area contributed by atoms with Crippen LogP contribution < -0.4 is 5.32 Å². The predicted octanol–water partition coefficient (Wildman–Crippen LogP) is 3.48.